The van der Waals surface area contributed by atoms with Crippen LogP contribution in [0.4, 0.5) is 4.39 Å². The molecular weight excluding hydrogens is 251 g/mol. The van der Waals surface area contributed by atoms with Gasteiger partial charge in [0.15, 0.2) is 0 Å². The van der Waals surface area contributed by atoms with E-state index in [0.717, 1.165) is 26.1 Å². The fraction of sp³-hybridized carbons (Fsp3) is 0.647. The van der Waals surface area contributed by atoms with Gasteiger partial charge in [0, 0.05) is 18.6 Å². The second kappa shape index (κ2) is 9.09. The summed E-state index contributed by atoms with van der Waals surface area (Å²) >= 11 is 0. The lowest BCUT2D eigenvalue weighted by molar-refractivity contribution is 0.210. The third-order valence-corrected chi connectivity index (χ3v) is 3.67. The Balaban J connectivity index is 2.64. The smallest absolute Gasteiger partial charge is 0.123 e. The number of halogens is 1. The van der Waals surface area contributed by atoms with Crippen LogP contribution in [0.3, 0.4) is 0 Å². The molecule has 2 nitrogen and oxygen atoms in total. The van der Waals surface area contributed by atoms with E-state index in [2.05, 4.69) is 37.9 Å². The molecule has 1 aromatic rings. The maximum absolute atomic E-state index is 13.0. The van der Waals surface area contributed by atoms with Gasteiger partial charge in [0.2, 0.25) is 0 Å². The lowest BCUT2D eigenvalue weighted by atomic mass is 10.0. The van der Waals surface area contributed by atoms with Gasteiger partial charge in [-0.15, -0.1) is 0 Å². The van der Waals surface area contributed by atoms with Gasteiger partial charge in [0.05, 0.1) is 0 Å². The standard InChI is InChI=1S/C17H29FN2/c1-5-12-20(14(3)4)13-11-17(19-6-2)15-7-9-16(18)10-8-15/h7-10,14,17,19H,5-6,11-13H2,1-4H3. The minimum atomic E-state index is -0.168. The van der Waals surface area contributed by atoms with Crippen LogP contribution in [0.15, 0.2) is 24.3 Å². The topological polar surface area (TPSA) is 15.3 Å². The van der Waals surface area contributed by atoms with Crippen LogP contribution < -0.4 is 5.32 Å². The zero-order valence-corrected chi connectivity index (χ0v) is 13.3. The second-order valence-electron chi connectivity index (χ2n) is 5.58. The predicted molar refractivity (Wildman–Crippen MR) is 84.4 cm³/mol. The van der Waals surface area contributed by atoms with Crippen LogP contribution in [0.1, 0.15) is 52.1 Å². The molecule has 3 heteroatoms. The van der Waals surface area contributed by atoms with E-state index >= 15 is 0 Å². The Morgan fingerprint density at radius 2 is 1.75 bits per heavy atom. The maximum atomic E-state index is 13.0. The normalized spacial score (nSPS) is 13.2. The summed E-state index contributed by atoms with van der Waals surface area (Å²) in [5.74, 6) is -0.168. The van der Waals surface area contributed by atoms with Crippen LogP contribution >= 0.6 is 0 Å². The van der Waals surface area contributed by atoms with E-state index in [1.807, 2.05) is 12.1 Å². The number of nitrogens with one attached hydrogen (secondary N) is 1. The van der Waals surface area contributed by atoms with Crippen molar-refractivity contribution < 1.29 is 4.39 Å². The van der Waals surface area contributed by atoms with E-state index in [1.54, 1.807) is 12.1 Å². The molecule has 1 N–H and O–H groups in total. The highest BCUT2D eigenvalue weighted by Crippen LogP contribution is 2.18. The molecule has 0 aliphatic carbocycles. The molecule has 0 heterocycles. The van der Waals surface area contributed by atoms with Crippen molar-refractivity contribution in [3.8, 4) is 0 Å². The lowest BCUT2D eigenvalue weighted by Gasteiger charge is -2.28. The minimum Gasteiger partial charge on any atom is -0.310 e. The summed E-state index contributed by atoms with van der Waals surface area (Å²) in [5, 5.41) is 3.51. The zero-order valence-electron chi connectivity index (χ0n) is 13.3. The molecule has 0 saturated carbocycles. The summed E-state index contributed by atoms with van der Waals surface area (Å²) in [7, 11) is 0. The molecule has 0 aromatic heterocycles. The van der Waals surface area contributed by atoms with Gasteiger partial charge in [-0.3, -0.25) is 0 Å². The van der Waals surface area contributed by atoms with Gasteiger partial charge in [-0.2, -0.15) is 0 Å². The van der Waals surface area contributed by atoms with Gasteiger partial charge in [0.25, 0.3) is 0 Å². The van der Waals surface area contributed by atoms with E-state index in [4.69, 9.17) is 0 Å². The highest BCUT2D eigenvalue weighted by atomic mass is 19.1. The van der Waals surface area contributed by atoms with Gasteiger partial charge < -0.3 is 10.2 Å². The quantitative estimate of drug-likeness (QED) is 0.736. The Morgan fingerprint density at radius 3 is 2.25 bits per heavy atom. The number of hydrogen-bond donors (Lipinski definition) is 1. The van der Waals surface area contributed by atoms with E-state index < -0.39 is 0 Å². The second-order valence-corrected chi connectivity index (χ2v) is 5.58. The maximum Gasteiger partial charge on any atom is 0.123 e. The first-order chi connectivity index (χ1) is 9.58. The molecule has 114 valence electrons. The van der Waals surface area contributed by atoms with Gasteiger partial charge in [-0.05, 0) is 57.5 Å². The Labute approximate surface area is 123 Å². The number of nitrogens with zero attached hydrogens (tertiary/aromatic N) is 1. The highest BCUT2D eigenvalue weighted by molar-refractivity contribution is 5.19. The van der Waals surface area contributed by atoms with Crippen LogP contribution in [-0.2, 0) is 0 Å². The van der Waals surface area contributed by atoms with Crippen molar-refractivity contribution >= 4 is 0 Å². The van der Waals surface area contributed by atoms with Crippen LogP contribution in [0.2, 0.25) is 0 Å². The molecule has 1 atom stereocenters. The molecule has 0 radical (unpaired) electrons. The van der Waals surface area contributed by atoms with Crippen LogP contribution in [0.25, 0.3) is 0 Å². The first-order valence-corrected chi connectivity index (χ1v) is 7.81. The molecular formula is C17H29FN2. The summed E-state index contributed by atoms with van der Waals surface area (Å²) in [6.45, 7) is 12.0. The molecule has 20 heavy (non-hydrogen) atoms. The monoisotopic (exact) mass is 280 g/mol. The fourth-order valence-electron chi connectivity index (χ4n) is 2.54. The zero-order chi connectivity index (χ0) is 15.0. The third kappa shape index (κ3) is 5.59. The summed E-state index contributed by atoms with van der Waals surface area (Å²) in [5.41, 5.74) is 1.17. The Hall–Kier alpha value is -0.930. The van der Waals surface area contributed by atoms with E-state index in [9.17, 15) is 4.39 Å². The van der Waals surface area contributed by atoms with Crippen LogP contribution in [-0.4, -0.2) is 30.6 Å². The van der Waals surface area contributed by atoms with Crippen molar-refractivity contribution in [1.82, 2.24) is 10.2 Å². The first kappa shape index (κ1) is 17.1. The number of rotatable bonds is 9. The first-order valence-electron chi connectivity index (χ1n) is 7.81. The summed E-state index contributed by atoms with van der Waals surface area (Å²) in [6, 6.07) is 7.76. The largest absolute Gasteiger partial charge is 0.310 e. The van der Waals surface area contributed by atoms with E-state index in [0.29, 0.717) is 12.1 Å². The van der Waals surface area contributed by atoms with Crippen molar-refractivity contribution in [2.45, 2.75) is 52.6 Å². The molecule has 0 amide bonds. The Morgan fingerprint density at radius 1 is 1.10 bits per heavy atom. The van der Waals surface area contributed by atoms with Crippen molar-refractivity contribution in [3.63, 3.8) is 0 Å². The minimum absolute atomic E-state index is 0.168. The molecule has 0 aliphatic rings. The molecule has 0 spiro atoms. The molecule has 1 unspecified atom stereocenters. The molecule has 0 saturated heterocycles. The third-order valence-electron chi connectivity index (χ3n) is 3.67. The van der Waals surface area contributed by atoms with Crippen molar-refractivity contribution in [3.05, 3.63) is 35.6 Å². The average molecular weight is 280 g/mol. The van der Waals surface area contributed by atoms with Gasteiger partial charge >= 0.3 is 0 Å². The Kier molecular flexibility index (Phi) is 7.78. The van der Waals surface area contributed by atoms with E-state index in [-0.39, 0.29) is 5.82 Å². The molecule has 0 aliphatic heterocycles. The summed E-state index contributed by atoms with van der Waals surface area (Å²) in [6.07, 6.45) is 2.23. The van der Waals surface area contributed by atoms with E-state index in [1.165, 1.54) is 12.0 Å². The molecule has 1 aromatic carbocycles. The fourth-order valence-corrected chi connectivity index (χ4v) is 2.54. The SMILES string of the molecule is CCCN(CCC(NCC)c1ccc(F)cc1)C(C)C. The Bertz CT molecular complexity index is 362. The van der Waals surface area contributed by atoms with Crippen molar-refractivity contribution in [2.75, 3.05) is 19.6 Å². The molecule has 0 fully saturated rings. The number of hydrogen-bond acceptors (Lipinski definition) is 2. The summed E-state index contributed by atoms with van der Waals surface area (Å²) in [4.78, 5) is 2.51. The van der Waals surface area contributed by atoms with Gasteiger partial charge in [0.1, 0.15) is 5.82 Å². The van der Waals surface area contributed by atoms with Crippen LogP contribution in [0.5, 0.6) is 0 Å². The summed E-state index contributed by atoms with van der Waals surface area (Å²) < 4.78 is 13.0. The average Bonchev–Trinajstić information content (AvgIpc) is 2.42. The molecule has 0 bridgehead atoms. The number of benzene rings is 1. The molecule has 1 rings (SSSR count). The van der Waals surface area contributed by atoms with Crippen molar-refractivity contribution in [2.24, 2.45) is 0 Å². The van der Waals surface area contributed by atoms with Crippen LogP contribution in [0, 0.1) is 5.82 Å². The highest BCUT2D eigenvalue weighted by Gasteiger charge is 2.14. The van der Waals surface area contributed by atoms with Gasteiger partial charge in [-0.25, -0.2) is 4.39 Å². The van der Waals surface area contributed by atoms with Crippen molar-refractivity contribution in [1.29, 1.82) is 0 Å². The predicted octanol–water partition coefficient (Wildman–Crippen LogP) is 3.99. The lowest BCUT2D eigenvalue weighted by Crippen LogP contribution is -2.35. The van der Waals surface area contributed by atoms with Gasteiger partial charge in [-0.1, -0.05) is 26.0 Å².